The minimum atomic E-state index is -0.272. The number of amides is 1. The second-order valence-corrected chi connectivity index (χ2v) is 8.29. The third kappa shape index (κ3) is 4.72. The monoisotopic (exact) mass is 414 g/mol. The molecule has 1 aliphatic heterocycles. The molecule has 1 saturated heterocycles. The van der Waals surface area contributed by atoms with Gasteiger partial charge in [-0.3, -0.25) is 14.8 Å². The van der Waals surface area contributed by atoms with Crippen LogP contribution in [0.2, 0.25) is 0 Å². The Morgan fingerprint density at radius 3 is 2.72 bits per heavy atom. The van der Waals surface area contributed by atoms with Gasteiger partial charge in [-0.25, -0.2) is 4.39 Å². The number of halogens is 1. The Balaban J connectivity index is 1.46. The van der Waals surface area contributed by atoms with Gasteiger partial charge in [-0.2, -0.15) is 5.10 Å². The first-order valence-electron chi connectivity index (χ1n) is 9.58. The summed E-state index contributed by atoms with van der Waals surface area (Å²) in [6.45, 7) is 5.28. The Labute approximate surface area is 172 Å². The van der Waals surface area contributed by atoms with Crippen LogP contribution in [-0.4, -0.2) is 53.9 Å². The number of carbonyl (C=O) groups excluding carboxylic acids is 1. The normalized spacial score (nSPS) is 15.9. The molecule has 2 aromatic heterocycles. The van der Waals surface area contributed by atoms with E-state index in [-0.39, 0.29) is 17.8 Å². The molecule has 1 fully saturated rings. The van der Waals surface area contributed by atoms with Gasteiger partial charge in [-0.05, 0) is 42.8 Å². The summed E-state index contributed by atoms with van der Waals surface area (Å²) in [6.07, 6.45) is 0. The number of nitrogens with zero attached hydrogens (tertiary/aromatic N) is 2. The van der Waals surface area contributed by atoms with Crippen LogP contribution in [0.25, 0.3) is 10.6 Å². The van der Waals surface area contributed by atoms with Gasteiger partial charge in [0.05, 0.1) is 29.8 Å². The lowest BCUT2D eigenvalue weighted by Crippen LogP contribution is -2.43. The number of hydrogen-bond acceptors (Lipinski definition) is 5. The zero-order chi connectivity index (χ0) is 20.2. The van der Waals surface area contributed by atoms with Crippen molar-refractivity contribution >= 4 is 17.2 Å². The topological polar surface area (TPSA) is 70.2 Å². The van der Waals surface area contributed by atoms with Gasteiger partial charge in [0.2, 0.25) is 0 Å². The number of morpholine rings is 1. The maximum atomic E-state index is 13.4. The molecule has 3 heterocycles. The molecule has 0 radical (unpaired) electrons. The van der Waals surface area contributed by atoms with Crippen molar-refractivity contribution in [1.82, 2.24) is 20.4 Å². The first-order valence-corrected chi connectivity index (χ1v) is 10.4. The highest BCUT2D eigenvalue weighted by molar-refractivity contribution is 7.15. The zero-order valence-electron chi connectivity index (χ0n) is 16.2. The fraction of sp³-hybridized carbons (Fsp3) is 0.333. The summed E-state index contributed by atoms with van der Waals surface area (Å²) in [5.74, 6) is -0.507. The number of aromatic amines is 1. The third-order valence-electron chi connectivity index (χ3n) is 5.01. The van der Waals surface area contributed by atoms with E-state index in [2.05, 4.69) is 20.4 Å². The Hall–Kier alpha value is -2.55. The average molecular weight is 415 g/mol. The molecule has 3 aromatic rings. The molecule has 0 spiro atoms. The molecule has 1 atom stereocenters. The summed E-state index contributed by atoms with van der Waals surface area (Å²) in [6, 6.07) is 12.2. The molecule has 1 aliphatic rings. The molecule has 2 N–H and O–H groups in total. The van der Waals surface area contributed by atoms with Gasteiger partial charge >= 0.3 is 0 Å². The van der Waals surface area contributed by atoms with E-state index in [0.717, 1.165) is 29.2 Å². The third-order valence-corrected chi connectivity index (χ3v) is 6.05. The van der Waals surface area contributed by atoms with Gasteiger partial charge in [0, 0.05) is 24.5 Å². The molecule has 0 unspecified atom stereocenters. The van der Waals surface area contributed by atoms with Crippen molar-refractivity contribution in [1.29, 1.82) is 0 Å². The lowest BCUT2D eigenvalue weighted by Gasteiger charge is -2.34. The van der Waals surface area contributed by atoms with Crippen LogP contribution < -0.4 is 5.32 Å². The quantitative estimate of drug-likeness (QED) is 0.649. The van der Waals surface area contributed by atoms with Crippen LogP contribution in [0, 0.1) is 12.7 Å². The van der Waals surface area contributed by atoms with Gasteiger partial charge in [0.1, 0.15) is 5.82 Å². The molecule has 0 saturated carbocycles. The molecular weight excluding hydrogens is 391 g/mol. The lowest BCUT2D eigenvalue weighted by atomic mass is 10.0. The molecule has 1 aromatic carbocycles. The molecule has 8 heteroatoms. The summed E-state index contributed by atoms with van der Waals surface area (Å²) >= 11 is 1.65. The van der Waals surface area contributed by atoms with Gasteiger partial charge in [-0.15, -0.1) is 11.3 Å². The fourth-order valence-corrected chi connectivity index (χ4v) is 4.29. The summed E-state index contributed by atoms with van der Waals surface area (Å²) in [7, 11) is 0. The van der Waals surface area contributed by atoms with E-state index in [9.17, 15) is 9.18 Å². The van der Waals surface area contributed by atoms with Crippen LogP contribution >= 0.6 is 11.3 Å². The van der Waals surface area contributed by atoms with E-state index in [0.29, 0.717) is 25.5 Å². The predicted octanol–water partition coefficient (Wildman–Crippen LogP) is 3.39. The summed E-state index contributed by atoms with van der Waals surface area (Å²) in [5, 5.41) is 10.1. The molecule has 6 nitrogen and oxygen atoms in total. The van der Waals surface area contributed by atoms with Crippen LogP contribution in [0.1, 0.15) is 27.0 Å². The SMILES string of the molecule is Cc1ccc(-c2cc(C(=O)NC[C@H](c3ccc(F)cc3)N3CCOCC3)n[nH]2)s1. The van der Waals surface area contributed by atoms with Gasteiger partial charge in [0.15, 0.2) is 5.69 Å². The maximum Gasteiger partial charge on any atom is 0.271 e. The molecule has 0 bridgehead atoms. The van der Waals surface area contributed by atoms with Crippen molar-refractivity contribution in [2.24, 2.45) is 0 Å². The van der Waals surface area contributed by atoms with E-state index in [4.69, 9.17) is 4.74 Å². The molecule has 29 heavy (non-hydrogen) atoms. The van der Waals surface area contributed by atoms with Crippen LogP contribution in [0.15, 0.2) is 42.5 Å². The van der Waals surface area contributed by atoms with Crippen molar-refractivity contribution in [2.75, 3.05) is 32.8 Å². The van der Waals surface area contributed by atoms with Crippen LogP contribution in [0.5, 0.6) is 0 Å². The summed E-state index contributed by atoms with van der Waals surface area (Å²) in [5.41, 5.74) is 2.15. The van der Waals surface area contributed by atoms with Crippen molar-refractivity contribution in [3.8, 4) is 10.6 Å². The number of hydrogen-bond donors (Lipinski definition) is 2. The van der Waals surface area contributed by atoms with E-state index in [1.807, 2.05) is 19.1 Å². The van der Waals surface area contributed by atoms with Crippen molar-refractivity contribution in [2.45, 2.75) is 13.0 Å². The Morgan fingerprint density at radius 2 is 2.03 bits per heavy atom. The van der Waals surface area contributed by atoms with Crippen LogP contribution in [-0.2, 0) is 4.74 Å². The van der Waals surface area contributed by atoms with E-state index < -0.39 is 0 Å². The lowest BCUT2D eigenvalue weighted by molar-refractivity contribution is 0.0162. The average Bonchev–Trinajstić information content (AvgIpc) is 3.39. The Kier molecular flexibility index (Phi) is 6.03. The highest BCUT2D eigenvalue weighted by Gasteiger charge is 2.24. The first kappa shape index (κ1) is 19.8. The number of aryl methyl sites for hydroxylation is 1. The van der Waals surface area contributed by atoms with E-state index in [1.165, 1.54) is 17.0 Å². The minimum Gasteiger partial charge on any atom is -0.379 e. The Bertz CT molecular complexity index is 963. The van der Waals surface area contributed by atoms with E-state index >= 15 is 0 Å². The zero-order valence-corrected chi connectivity index (χ0v) is 17.0. The molecule has 152 valence electrons. The van der Waals surface area contributed by atoms with Gasteiger partial charge < -0.3 is 10.1 Å². The maximum absolute atomic E-state index is 13.4. The van der Waals surface area contributed by atoms with Crippen molar-refractivity contribution in [3.05, 3.63) is 64.4 Å². The highest BCUT2D eigenvalue weighted by atomic mass is 32.1. The van der Waals surface area contributed by atoms with Crippen LogP contribution in [0.4, 0.5) is 4.39 Å². The summed E-state index contributed by atoms with van der Waals surface area (Å²) < 4.78 is 18.8. The minimum absolute atomic E-state index is 0.0539. The van der Waals surface area contributed by atoms with Crippen molar-refractivity contribution in [3.63, 3.8) is 0 Å². The molecule has 4 rings (SSSR count). The summed E-state index contributed by atoms with van der Waals surface area (Å²) in [4.78, 5) is 17.2. The largest absolute Gasteiger partial charge is 0.379 e. The first-order chi connectivity index (χ1) is 14.1. The number of thiophene rings is 1. The number of carbonyl (C=O) groups is 1. The highest BCUT2D eigenvalue weighted by Crippen LogP contribution is 2.26. The number of rotatable bonds is 6. The standard InChI is InChI=1S/C21H23FN4O2S/c1-14-2-7-20(29-14)17-12-18(25-24-17)21(27)23-13-19(26-8-10-28-11-9-26)15-3-5-16(22)6-4-15/h2-7,12,19H,8-11,13H2,1H3,(H,23,27)(H,24,25)/t19-/m1/s1. The number of aromatic nitrogens is 2. The van der Waals surface area contributed by atoms with Gasteiger partial charge in [-0.1, -0.05) is 12.1 Å². The molecule has 0 aliphatic carbocycles. The van der Waals surface area contributed by atoms with Gasteiger partial charge in [0.25, 0.3) is 5.91 Å². The predicted molar refractivity (Wildman–Crippen MR) is 111 cm³/mol. The molecule has 1 amide bonds. The second-order valence-electron chi connectivity index (χ2n) is 7.00. The smallest absolute Gasteiger partial charge is 0.271 e. The number of ether oxygens (including phenoxy) is 1. The molecular formula is C21H23FN4O2S. The Morgan fingerprint density at radius 1 is 1.28 bits per heavy atom. The number of H-pyrrole nitrogens is 1. The number of benzene rings is 1. The van der Waals surface area contributed by atoms with Crippen molar-refractivity contribution < 1.29 is 13.9 Å². The van der Waals surface area contributed by atoms with E-state index in [1.54, 1.807) is 29.5 Å². The number of nitrogens with one attached hydrogen (secondary N) is 2. The second kappa shape index (κ2) is 8.86. The fourth-order valence-electron chi connectivity index (χ4n) is 3.46. The van der Waals surface area contributed by atoms with Crippen LogP contribution in [0.3, 0.4) is 0 Å².